The van der Waals surface area contributed by atoms with Crippen LogP contribution in [-0.2, 0) is 23.0 Å². The van der Waals surface area contributed by atoms with Gasteiger partial charge in [0.2, 0.25) is 0 Å². The van der Waals surface area contributed by atoms with Gasteiger partial charge in [-0.1, -0.05) is 12.1 Å². The van der Waals surface area contributed by atoms with Crippen LogP contribution in [0.15, 0.2) is 38.3 Å². The van der Waals surface area contributed by atoms with Crippen molar-refractivity contribution in [2.75, 3.05) is 11.3 Å². The SMILES string of the molecule is O=S(=O)(Nc1cccc2c1CNCC2)c1ccc(Br)s1. The summed E-state index contributed by atoms with van der Waals surface area (Å²) in [5.41, 5.74) is 2.91. The third kappa shape index (κ3) is 2.76. The Morgan fingerprint density at radius 2 is 2.10 bits per heavy atom. The largest absolute Gasteiger partial charge is 0.312 e. The van der Waals surface area contributed by atoms with Gasteiger partial charge in [0, 0.05) is 6.54 Å². The van der Waals surface area contributed by atoms with Gasteiger partial charge in [-0.05, 0) is 58.2 Å². The Kier molecular flexibility index (Phi) is 3.85. The summed E-state index contributed by atoms with van der Waals surface area (Å²) >= 11 is 4.49. The third-order valence-electron chi connectivity index (χ3n) is 3.20. The smallest absolute Gasteiger partial charge is 0.271 e. The van der Waals surface area contributed by atoms with Crippen LogP contribution in [-0.4, -0.2) is 15.0 Å². The zero-order valence-electron chi connectivity index (χ0n) is 10.5. The van der Waals surface area contributed by atoms with E-state index >= 15 is 0 Å². The number of anilines is 1. The second-order valence-electron chi connectivity index (χ2n) is 4.53. The molecular weight excluding hydrogens is 360 g/mol. The maximum atomic E-state index is 12.4. The van der Waals surface area contributed by atoms with Gasteiger partial charge in [-0.15, -0.1) is 11.3 Å². The topological polar surface area (TPSA) is 58.2 Å². The molecule has 3 rings (SSSR count). The molecular formula is C13H13BrN2O2S2. The second kappa shape index (κ2) is 5.48. The van der Waals surface area contributed by atoms with Crippen molar-refractivity contribution < 1.29 is 8.42 Å². The normalized spacial score (nSPS) is 14.8. The van der Waals surface area contributed by atoms with Gasteiger partial charge in [0.25, 0.3) is 10.0 Å². The van der Waals surface area contributed by atoms with E-state index in [1.54, 1.807) is 12.1 Å². The van der Waals surface area contributed by atoms with E-state index in [2.05, 4.69) is 32.0 Å². The van der Waals surface area contributed by atoms with Crippen molar-refractivity contribution in [2.45, 2.75) is 17.2 Å². The molecule has 20 heavy (non-hydrogen) atoms. The number of halogens is 1. The highest BCUT2D eigenvalue weighted by Crippen LogP contribution is 2.29. The Balaban J connectivity index is 1.95. The molecule has 0 saturated carbocycles. The summed E-state index contributed by atoms with van der Waals surface area (Å²) < 4.78 is 28.5. The molecule has 4 nitrogen and oxygen atoms in total. The molecule has 1 aliphatic heterocycles. The highest BCUT2D eigenvalue weighted by atomic mass is 79.9. The molecule has 0 saturated heterocycles. The molecule has 1 aliphatic rings. The average Bonchev–Trinajstić information content (AvgIpc) is 2.86. The number of hydrogen-bond donors (Lipinski definition) is 2. The zero-order valence-corrected chi connectivity index (χ0v) is 13.7. The number of rotatable bonds is 3. The Labute approximate surface area is 130 Å². The molecule has 0 bridgehead atoms. The van der Waals surface area contributed by atoms with Crippen LogP contribution in [0.1, 0.15) is 11.1 Å². The van der Waals surface area contributed by atoms with E-state index in [9.17, 15) is 8.42 Å². The lowest BCUT2D eigenvalue weighted by Crippen LogP contribution is -2.25. The summed E-state index contributed by atoms with van der Waals surface area (Å²) in [5.74, 6) is 0. The molecule has 7 heteroatoms. The van der Waals surface area contributed by atoms with Crippen LogP contribution in [0.4, 0.5) is 5.69 Å². The standard InChI is InChI=1S/C13H13BrN2O2S2/c14-12-4-5-13(19-12)20(17,18)16-11-3-1-2-9-6-7-15-8-10(9)11/h1-5,15-16H,6-8H2. The van der Waals surface area contributed by atoms with Gasteiger partial charge in [0.1, 0.15) is 4.21 Å². The molecule has 0 fully saturated rings. The summed E-state index contributed by atoms with van der Waals surface area (Å²) in [7, 11) is -3.52. The molecule has 1 aromatic heterocycles. The van der Waals surface area contributed by atoms with Crippen molar-refractivity contribution in [2.24, 2.45) is 0 Å². The van der Waals surface area contributed by atoms with Crippen LogP contribution in [0.2, 0.25) is 0 Å². The third-order valence-corrected chi connectivity index (χ3v) is 6.68. The molecule has 106 valence electrons. The Morgan fingerprint density at radius 3 is 2.85 bits per heavy atom. The number of fused-ring (bicyclic) bond motifs is 1. The fourth-order valence-corrected chi connectivity index (χ4v) is 5.35. The van der Waals surface area contributed by atoms with Gasteiger partial charge in [0.05, 0.1) is 9.47 Å². The Hall–Kier alpha value is -0.890. The summed E-state index contributed by atoms with van der Waals surface area (Å²) in [5, 5.41) is 3.27. The van der Waals surface area contributed by atoms with Crippen molar-refractivity contribution in [3.05, 3.63) is 45.2 Å². The minimum Gasteiger partial charge on any atom is -0.312 e. The van der Waals surface area contributed by atoms with Crippen LogP contribution >= 0.6 is 27.3 Å². The predicted molar refractivity (Wildman–Crippen MR) is 84.7 cm³/mol. The van der Waals surface area contributed by atoms with Crippen molar-refractivity contribution in [3.63, 3.8) is 0 Å². The fraction of sp³-hybridized carbons (Fsp3) is 0.231. The molecule has 2 aromatic rings. The van der Waals surface area contributed by atoms with Gasteiger partial charge >= 0.3 is 0 Å². The van der Waals surface area contributed by atoms with Crippen molar-refractivity contribution in [3.8, 4) is 0 Å². The number of nitrogens with one attached hydrogen (secondary N) is 2. The van der Waals surface area contributed by atoms with Crippen LogP contribution in [0.3, 0.4) is 0 Å². The summed E-state index contributed by atoms with van der Waals surface area (Å²) in [4.78, 5) is 0. The summed E-state index contributed by atoms with van der Waals surface area (Å²) in [6.45, 7) is 1.63. The van der Waals surface area contributed by atoms with Gasteiger partial charge < -0.3 is 5.32 Å². The average molecular weight is 373 g/mol. The Bertz CT molecular complexity index is 741. The first-order valence-electron chi connectivity index (χ1n) is 6.16. The number of hydrogen-bond acceptors (Lipinski definition) is 4. The van der Waals surface area contributed by atoms with Gasteiger partial charge in [-0.3, -0.25) is 4.72 Å². The molecule has 0 radical (unpaired) electrons. The first-order chi connectivity index (χ1) is 9.56. The zero-order chi connectivity index (χ0) is 14.2. The van der Waals surface area contributed by atoms with E-state index < -0.39 is 10.0 Å². The predicted octanol–water partition coefficient (Wildman–Crippen LogP) is 2.96. The van der Waals surface area contributed by atoms with Crippen LogP contribution in [0, 0.1) is 0 Å². The molecule has 0 unspecified atom stereocenters. The Morgan fingerprint density at radius 1 is 1.25 bits per heavy atom. The lowest BCUT2D eigenvalue weighted by molar-refractivity contribution is 0.602. The van der Waals surface area contributed by atoms with E-state index in [0.29, 0.717) is 16.4 Å². The lowest BCUT2D eigenvalue weighted by Gasteiger charge is -2.20. The molecule has 0 atom stereocenters. The minimum absolute atomic E-state index is 0.311. The summed E-state index contributed by atoms with van der Waals surface area (Å²) in [6, 6.07) is 9.10. The number of thiophene rings is 1. The molecule has 0 aliphatic carbocycles. The number of benzene rings is 1. The first-order valence-corrected chi connectivity index (χ1v) is 9.25. The van der Waals surface area contributed by atoms with Crippen LogP contribution in [0.25, 0.3) is 0 Å². The van der Waals surface area contributed by atoms with Crippen molar-refractivity contribution in [1.29, 1.82) is 0 Å². The quantitative estimate of drug-likeness (QED) is 0.870. The number of sulfonamides is 1. The van der Waals surface area contributed by atoms with Gasteiger partial charge in [0.15, 0.2) is 0 Å². The van der Waals surface area contributed by atoms with E-state index in [0.717, 1.165) is 22.3 Å². The molecule has 2 heterocycles. The maximum absolute atomic E-state index is 12.4. The maximum Gasteiger partial charge on any atom is 0.271 e. The van der Waals surface area contributed by atoms with Gasteiger partial charge in [-0.25, -0.2) is 8.42 Å². The van der Waals surface area contributed by atoms with Crippen LogP contribution in [0.5, 0.6) is 0 Å². The van der Waals surface area contributed by atoms with E-state index in [4.69, 9.17) is 0 Å². The second-order valence-corrected chi connectivity index (χ2v) is 8.91. The van der Waals surface area contributed by atoms with Crippen LogP contribution < -0.4 is 10.0 Å². The van der Waals surface area contributed by atoms with E-state index in [1.807, 2.05) is 12.1 Å². The van der Waals surface area contributed by atoms with Crippen molar-refractivity contribution >= 4 is 43.0 Å². The summed E-state index contributed by atoms with van der Waals surface area (Å²) in [6.07, 6.45) is 0.926. The first kappa shape index (κ1) is 14.1. The lowest BCUT2D eigenvalue weighted by atomic mass is 10.00. The molecule has 2 N–H and O–H groups in total. The molecule has 0 spiro atoms. The van der Waals surface area contributed by atoms with Crippen molar-refractivity contribution in [1.82, 2.24) is 5.32 Å². The monoisotopic (exact) mass is 372 g/mol. The fourth-order valence-electron chi connectivity index (χ4n) is 2.25. The van der Waals surface area contributed by atoms with Gasteiger partial charge in [-0.2, -0.15) is 0 Å². The highest BCUT2D eigenvalue weighted by Gasteiger charge is 2.20. The minimum atomic E-state index is -3.52. The van der Waals surface area contributed by atoms with E-state index in [-0.39, 0.29) is 0 Å². The highest BCUT2D eigenvalue weighted by molar-refractivity contribution is 9.11. The molecule has 0 amide bonds. The van der Waals surface area contributed by atoms with E-state index in [1.165, 1.54) is 16.9 Å². The molecule has 1 aromatic carbocycles.